The zero-order chi connectivity index (χ0) is 16.1. The molecule has 2 heterocycles. The molecular weight excluding hydrogens is 431 g/mol. The second-order valence-corrected chi connectivity index (χ2v) is 7.80. The zero-order valence-electron chi connectivity index (χ0n) is 14.6. The highest BCUT2D eigenvalue weighted by molar-refractivity contribution is 14.0. The van der Waals surface area contributed by atoms with Crippen molar-refractivity contribution in [3.8, 4) is 0 Å². The monoisotopic (exact) mass is 460 g/mol. The first-order chi connectivity index (χ1) is 11.3. The quantitative estimate of drug-likeness (QED) is 0.403. The van der Waals surface area contributed by atoms with Crippen molar-refractivity contribution in [2.45, 2.75) is 37.5 Å². The van der Waals surface area contributed by atoms with E-state index in [1.807, 2.05) is 7.05 Å². The van der Waals surface area contributed by atoms with E-state index < -0.39 is 0 Å². The Morgan fingerprint density at radius 1 is 1.33 bits per heavy atom. The van der Waals surface area contributed by atoms with Crippen LogP contribution in [0.5, 0.6) is 0 Å². The summed E-state index contributed by atoms with van der Waals surface area (Å²) in [4.78, 5) is 6.85. The second-order valence-electron chi connectivity index (χ2n) is 6.39. The van der Waals surface area contributed by atoms with Crippen LogP contribution in [0.2, 0.25) is 0 Å². The van der Waals surface area contributed by atoms with Crippen molar-refractivity contribution in [3.63, 3.8) is 0 Å². The Morgan fingerprint density at radius 2 is 2.17 bits per heavy atom. The third-order valence-corrected chi connectivity index (χ3v) is 6.14. The Kier molecular flexibility index (Phi) is 8.00. The van der Waals surface area contributed by atoms with Gasteiger partial charge in [-0.15, -0.1) is 24.0 Å². The number of aliphatic imine (C=N–C) groups is 1. The Hall–Kier alpha value is -0.630. The molecule has 1 saturated heterocycles. The minimum atomic E-state index is 0. The van der Waals surface area contributed by atoms with E-state index in [1.54, 1.807) is 0 Å². The van der Waals surface area contributed by atoms with Gasteiger partial charge in [-0.05, 0) is 43.6 Å². The van der Waals surface area contributed by atoms with Gasteiger partial charge in [-0.2, -0.15) is 11.8 Å². The van der Waals surface area contributed by atoms with Crippen molar-refractivity contribution in [1.29, 1.82) is 0 Å². The number of thioether (sulfide) groups is 1. The topological polar surface area (TPSA) is 39.7 Å². The number of guanidine groups is 1. The van der Waals surface area contributed by atoms with Crippen molar-refractivity contribution in [1.82, 2.24) is 10.6 Å². The fourth-order valence-corrected chi connectivity index (χ4v) is 4.70. The lowest BCUT2D eigenvalue weighted by Gasteiger charge is -2.25. The Morgan fingerprint density at radius 3 is 2.92 bits per heavy atom. The number of nitrogens with one attached hydrogen (secondary N) is 2. The molecule has 2 unspecified atom stereocenters. The SMILES string of the molecule is CN=C(NCCN1c2ccccc2CC1C)NCC1CCCS1.I. The van der Waals surface area contributed by atoms with E-state index in [0.717, 1.165) is 37.3 Å². The molecule has 2 aliphatic heterocycles. The van der Waals surface area contributed by atoms with Gasteiger partial charge in [0.2, 0.25) is 0 Å². The van der Waals surface area contributed by atoms with Gasteiger partial charge >= 0.3 is 0 Å². The lowest BCUT2D eigenvalue weighted by Crippen LogP contribution is -2.44. The Balaban J connectivity index is 0.00000208. The summed E-state index contributed by atoms with van der Waals surface area (Å²) in [5, 5.41) is 7.68. The molecule has 0 spiro atoms. The summed E-state index contributed by atoms with van der Waals surface area (Å²) in [6.45, 7) is 5.25. The molecule has 2 aliphatic rings. The molecule has 0 amide bonds. The van der Waals surface area contributed by atoms with Gasteiger partial charge in [0, 0.05) is 43.7 Å². The molecule has 0 aromatic heterocycles. The predicted octanol–water partition coefficient (Wildman–Crippen LogP) is 3.12. The largest absolute Gasteiger partial charge is 0.367 e. The third-order valence-electron chi connectivity index (χ3n) is 4.74. The maximum Gasteiger partial charge on any atom is 0.191 e. The van der Waals surface area contributed by atoms with E-state index in [-0.39, 0.29) is 24.0 Å². The van der Waals surface area contributed by atoms with Crippen LogP contribution >= 0.6 is 35.7 Å². The predicted molar refractivity (Wildman–Crippen MR) is 117 cm³/mol. The molecule has 0 saturated carbocycles. The van der Waals surface area contributed by atoms with Crippen molar-refractivity contribution >= 4 is 47.4 Å². The molecule has 6 heteroatoms. The lowest BCUT2D eigenvalue weighted by atomic mass is 10.1. The minimum Gasteiger partial charge on any atom is -0.367 e. The van der Waals surface area contributed by atoms with Crippen LogP contribution in [0.25, 0.3) is 0 Å². The molecule has 4 nitrogen and oxygen atoms in total. The molecule has 134 valence electrons. The number of rotatable bonds is 5. The summed E-state index contributed by atoms with van der Waals surface area (Å²) >= 11 is 2.08. The minimum absolute atomic E-state index is 0. The van der Waals surface area contributed by atoms with Crippen LogP contribution in [0.15, 0.2) is 29.3 Å². The van der Waals surface area contributed by atoms with Gasteiger partial charge in [0.15, 0.2) is 5.96 Å². The number of fused-ring (bicyclic) bond motifs is 1. The van der Waals surface area contributed by atoms with Gasteiger partial charge < -0.3 is 15.5 Å². The fraction of sp³-hybridized carbons (Fsp3) is 0.611. The van der Waals surface area contributed by atoms with Gasteiger partial charge in [-0.3, -0.25) is 4.99 Å². The molecule has 1 aromatic rings. The molecule has 2 N–H and O–H groups in total. The Labute approximate surface area is 167 Å². The maximum absolute atomic E-state index is 4.34. The van der Waals surface area contributed by atoms with E-state index in [0.29, 0.717) is 6.04 Å². The normalized spacial score (nSPS) is 22.9. The fourth-order valence-electron chi connectivity index (χ4n) is 3.50. The van der Waals surface area contributed by atoms with Crippen LogP contribution in [0, 0.1) is 0 Å². The van der Waals surface area contributed by atoms with Gasteiger partial charge in [0.1, 0.15) is 0 Å². The molecular formula is C18H29IN4S. The van der Waals surface area contributed by atoms with E-state index in [2.05, 4.69) is 63.5 Å². The van der Waals surface area contributed by atoms with Crippen molar-refractivity contribution in [3.05, 3.63) is 29.8 Å². The van der Waals surface area contributed by atoms with Gasteiger partial charge in [-0.1, -0.05) is 18.2 Å². The molecule has 0 radical (unpaired) electrons. The standard InChI is InChI=1S/C18H28N4S.HI/c1-14-12-15-6-3-4-8-17(15)22(14)10-9-20-18(19-2)21-13-16-7-5-11-23-16;/h3-4,6,8,14,16H,5,7,9-13H2,1-2H3,(H2,19,20,21);1H. The van der Waals surface area contributed by atoms with Crippen molar-refractivity contribution in [2.75, 3.05) is 37.3 Å². The summed E-state index contributed by atoms with van der Waals surface area (Å²) < 4.78 is 0. The number of benzene rings is 1. The first-order valence-corrected chi connectivity index (χ1v) is 9.73. The number of hydrogen-bond acceptors (Lipinski definition) is 3. The number of halogens is 1. The van der Waals surface area contributed by atoms with Crippen LogP contribution in [-0.2, 0) is 6.42 Å². The van der Waals surface area contributed by atoms with Crippen LogP contribution in [0.1, 0.15) is 25.3 Å². The smallest absolute Gasteiger partial charge is 0.191 e. The highest BCUT2D eigenvalue weighted by Crippen LogP contribution is 2.31. The number of hydrogen-bond donors (Lipinski definition) is 2. The summed E-state index contributed by atoms with van der Waals surface area (Å²) in [5.41, 5.74) is 2.87. The average molecular weight is 460 g/mol. The molecule has 24 heavy (non-hydrogen) atoms. The van der Waals surface area contributed by atoms with Gasteiger partial charge in [0.25, 0.3) is 0 Å². The van der Waals surface area contributed by atoms with Crippen LogP contribution < -0.4 is 15.5 Å². The van der Waals surface area contributed by atoms with Crippen LogP contribution in [-0.4, -0.2) is 49.7 Å². The first kappa shape index (κ1) is 19.7. The van der Waals surface area contributed by atoms with E-state index in [4.69, 9.17) is 0 Å². The number of para-hydroxylation sites is 1. The molecule has 0 bridgehead atoms. The summed E-state index contributed by atoms with van der Waals surface area (Å²) in [6, 6.07) is 9.35. The molecule has 3 rings (SSSR count). The molecule has 1 fully saturated rings. The number of anilines is 1. The van der Waals surface area contributed by atoms with Gasteiger partial charge in [0.05, 0.1) is 0 Å². The summed E-state index contributed by atoms with van der Waals surface area (Å²) in [7, 11) is 1.85. The van der Waals surface area contributed by atoms with E-state index in [1.165, 1.54) is 29.8 Å². The van der Waals surface area contributed by atoms with E-state index in [9.17, 15) is 0 Å². The maximum atomic E-state index is 4.34. The second kappa shape index (κ2) is 9.75. The molecule has 0 aliphatic carbocycles. The molecule has 1 aromatic carbocycles. The average Bonchev–Trinajstić information content (AvgIpc) is 3.18. The third kappa shape index (κ3) is 4.94. The summed E-state index contributed by atoms with van der Waals surface area (Å²) in [5.74, 6) is 2.24. The summed E-state index contributed by atoms with van der Waals surface area (Å²) in [6.07, 6.45) is 3.84. The van der Waals surface area contributed by atoms with Crippen molar-refractivity contribution < 1.29 is 0 Å². The Bertz CT molecular complexity index is 546. The zero-order valence-corrected chi connectivity index (χ0v) is 17.8. The highest BCUT2D eigenvalue weighted by atomic mass is 127. The molecule has 2 atom stereocenters. The highest BCUT2D eigenvalue weighted by Gasteiger charge is 2.24. The van der Waals surface area contributed by atoms with Crippen LogP contribution in [0.4, 0.5) is 5.69 Å². The first-order valence-electron chi connectivity index (χ1n) is 8.68. The van der Waals surface area contributed by atoms with Gasteiger partial charge in [-0.25, -0.2) is 0 Å². The van der Waals surface area contributed by atoms with Crippen molar-refractivity contribution in [2.24, 2.45) is 4.99 Å². The van der Waals surface area contributed by atoms with Crippen LogP contribution in [0.3, 0.4) is 0 Å². The number of nitrogens with zero attached hydrogens (tertiary/aromatic N) is 2. The van der Waals surface area contributed by atoms with E-state index >= 15 is 0 Å². The lowest BCUT2D eigenvalue weighted by molar-refractivity contribution is 0.654.